The van der Waals surface area contributed by atoms with Gasteiger partial charge in [0.05, 0.1) is 31.1 Å². The van der Waals surface area contributed by atoms with Crippen LogP contribution in [0.15, 0.2) is 39.9 Å². The van der Waals surface area contributed by atoms with E-state index in [1.165, 1.54) is 51.0 Å². The molecule has 9 heteroatoms. The van der Waals surface area contributed by atoms with Gasteiger partial charge in [-0.15, -0.1) is 0 Å². The molecule has 1 aliphatic carbocycles. The number of aromatic nitrogens is 1. The molecule has 0 bridgehead atoms. The number of nitrogens with one attached hydrogen (secondary N) is 2. The lowest BCUT2D eigenvalue weighted by Crippen LogP contribution is -3.14. The van der Waals surface area contributed by atoms with Crippen molar-refractivity contribution >= 4 is 28.9 Å². The molecular formula is C22H24N5O4+. The number of aryl methyl sites for hydroxylation is 2. The average molecular weight is 422 g/mol. The fraction of sp³-hybridized carbons (Fsp3) is 0.364. The first-order chi connectivity index (χ1) is 15.0. The topological polar surface area (TPSA) is 107 Å². The van der Waals surface area contributed by atoms with Crippen LogP contribution >= 0.6 is 0 Å². The SMILES string of the molecule is Cc1ccc2c(c1)c1c3n2CC[NH+](CC(=O)N/N=C\c2ccc([N+](=O)[O-])o2)[C@@H]3CCC1. The molecular weight excluding hydrogens is 398 g/mol. The van der Waals surface area contributed by atoms with E-state index < -0.39 is 4.92 Å². The van der Waals surface area contributed by atoms with Crippen molar-refractivity contribution in [3.63, 3.8) is 0 Å². The number of hydrogen-bond acceptors (Lipinski definition) is 5. The van der Waals surface area contributed by atoms with Crippen LogP contribution in [0.1, 0.15) is 41.5 Å². The molecule has 0 spiro atoms. The van der Waals surface area contributed by atoms with E-state index in [2.05, 4.69) is 40.2 Å². The van der Waals surface area contributed by atoms with Gasteiger partial charge < -0.3 is 13.9 Å². The molecule has 0 saturated heterocycles. The highest BCUT2D eigenvalue weighted by atomic mass is 16.6. The molecule has 9 nitrogen and oxygen atoms in total. The number of amides is 1. The summed E-state index contributed by atoms with van der Waals surface area (Å²) >= 11 is 0. The van der Waals surface area contributed by atoms with Crippen LogP contribution in [0.25, 0.3) is 10.9 Å². The Morgan fingerprint density at radius 1 is 1.42 bits per heavy atom. The molecule has 2 atom stereocenters. The van der Waals surface area contributed by atoms with E-state index in [-0.39, 0.29) is 17.6 Å². The van der Waals surface area contributed by atoms with Crippen molar-refractivity contribution < 1.29 is 19.0 Å². The summed E-state index contributed by atoms with van der Waals surface area (Å²) in [6, 6.07) is 9.69. The lowest BCUT2D eigenvalue weighted by molar-refractivity contribution is -0.929. The number of quaternary nitrogens is 1. The second-order valence-electron chi connectivity index (χ2n) is 8.29. The van der Waals surface area contributed by atoms with Crippen LogP contribution in [-0.4, -0.2) is 34.7 Å². The third kappa shape index (κ3) is 3.50. The fourth-order valence-corrected chi connectivity index (χ4v) is 5.04. The highest BCUT2D eigenvalue weighted by Crippen LogP contribution is 2.37. The maximum Gasteiger partial charge on any atom is 0.433 e. The number of carbonyl (C=O) groups is 1. The minimum Gasteiger partial charge on any atom is -0.400 e. The van der Waals surface area contributed by atoms with Gasteiger partial charge in [-0.25, -0.2) is 5.43 Å². The van der Waals surface area contributed by atoms with Crippen molar-refractivity contribution in [3.05, 3.63) is 63.0 Å². The summed E-state index contributed by atoms with van der Waals surface area (Å²) in [6.07, 6.45) is 4.57. The van der Waals surface area contributed by atoms with Crippen LogP contribution in [0.2, 0.25) is 0 Å². The lowest BCUT2D eigenvalue weighted by atomic mass is 9.89. The second-order valence-corrected chi connectivity index (χ2v) is 8.29. The van der Waals surface area contributed by atoms with Gasteiger partial charge in [-0.05, 0) is 43.5 Å². The normalized spacial score (nSPS) is 20.2. The standard InChI is InChI=1S/C22H23N5O4/c1-14-5-7-18-17(11-14)16-3-2-4-19-22(16)26(18)10-9-25(19)13-20(28)24-23-12-15-6-8-21(31-15)27(29)30/h5-8,11-12,19H,2-4,9-10,13H2,1H3,(H,24,28)/p+1/b23-12-/t19-/m1/s1. The Morgan fingerprint density at radius 3 is 3.10 bits per heavy atom. The molecule has 160 valence electrons. The molecule has 1 unspecified atom stereocenters. The van der Waals surface area contributed by atoms with E-state index in [9.17, 15) is 14.9 Å². The molecule has 1 aromatic carbocycles. The van der Waals surface area contributed by atoms with Crippen LogP contribution in [0.5, 0.6) is 0 Å². The van der Waals surface area contributed by atoms with Crippen LogP contribution in [-0.2, 0) is 17.8 Å². The van der Waals surface area contributed by atoms with Crippen LogP contribution in [0.4, 0.5) is 5.88 Å². The predicted octanol–water partition coefficient (Wildman–Crippen LogP) is 1.88. The first-order valence-electron chi connectivity index (χ1n) is 10.5. The Balaban J connectivity index is 1.30. The number of rotatable bonds is 5. The summed E-state index contributed by atoms with van der Waals surface area (Å²) in [5.41, 5.74) is 7.95. The molecule has 1 amide bonds. The number of hydrogen-bond donors (Lipinski definition) is 2. The van der Waals surface area contributed by atoms with Crippen LogP contribution in [0.3, 0.4) is 0 Å². The molecule has 0 radical (unpaired) electrons. The molecule has 5 rings (SSSR count). The van der Waals surface area contributed by atoms with Crippen molar-refractivity contribution in [2.75, 3.05) is 13.1 Å². The van der Waals surface area contributed by atoms with Crippen molar-refractivity contribution in [2.24, 2.45) is 5.10 Å². The predicted molar refractivity (Wildman–Crippen MR) is 114 cm³/mol. The van der Waals surface area contributed by atoms with Gasteiger partial charge in [-0.1, -0.05) is 11.6 Å². The van der Waals surface area contributed by atoms with E-state index in [4.69, 9.17) is 4.42 Å². The lowest BCUT2D eigenvalue weighted by Gasteiger charge is -2.36. The van der Waals surface area contributed by atoms with Gasteiger partial charge in [0.1, 0.15) is 11.0 Å². The maximum absolute atomic E-state index is 12.5. The third-order valence-electron chi connectivity index (χ3n) is 6.33. The molecule has 3 aromatic rings. The van der Waals surface area contributed by atoms with E-state index in [1.54, 1.807) is 0 Å². The number of nitrogens with zero attached hydrogens (tertiary/aromatic N) is 3. The number of furan rings is 1. The van der Waals surface area contributed by atoms with E-state index in [0.717, 1.165) is 32.4 Å². The van der Waals surface area contributed by atoms with Gasteiger partial charge >= 0.3 is 5.88 Å². The molecule has 1 aliphatic heterocycles. The summed E-state index contributed by atoms with van der Waals surface area (Å²) in [6.45, 7) is 4.25. The summed E-state index contributed by atoms with van der Waals surface area (Å²) in [7, 11) is 0. The minimum absolute atomic E-state index is 0.181. The van der Waals surface area contributed by atoms with Crippen LogP contribution in [0, 0.1) is 17.0 Å². The Hall–Kier alpha value is -3.46. The summed E-state index contributed by atoms with van der Waals surface area (Å²) < 4.78 is 7.46. The van der Waals surface area contributed by atoms with Crippen molar-refractivity contribution in [1.82, 2.24) is 9.99 Å². The summed E-state index contributed by atoms with van der Waals surface area (Å²) in [5, 5.41) is 15.9. The molecule has 0 fully saturated rings. The second kappa shape index (κ2) is 7.66. The number of hydrazone groups is 1. The number of carbonyl (C=O) groups excluding carboxylic acids is 1. The summed E-state index contributed by atoms with van der Waals surface area (Å²) in [5.74, 6) is -0.321. The van der Waals surface area contributed by atoms with E-state index >= 15 is 0 Å². The molecule has 2 aliphatic rings. The highest BCUT2D eigenvalue weighted by Gasteiger charge is 2.38. The smallest absolute Gasteiger partial charge is 0.400 e. The largest absolute Gasteiger partial charge is 0.433 e. The van der Waals surface area contributed by atoms with Crippen LogP contribution < -0.4 is 10.3 Å². The van der Waals surface area contributed by atoms with Gasteiger partial charge in [0.2, 0.25) is 0 Å². The molecule has 2 N–H and O–H groups in total. The Morgan fingerprint density at radius 2 is 2.29 bits per heavy atom. The first-order valence-corrected chi connectivity index (χ1v) is 10.5. The Kier molecular flexibility index (Phi) is 4.82. The molecule has 3 heterocycles. The number of nitro groups is 1. The molecule has 31 heavy (non-hydrogen) atoms. The zero-order chi connectivity index (χ0) is 21.5. The Labute approximate surface area is 178 Å². The number of benzene rings is 1. The zero-order valence-electron chi connectivity index (χ0n) is 17.3. The zero-order valence-corrected chi connectivity index (χ0v) is 17.3. The van der Waals surface area contributed by atoms with Gasteiger partial charge in [0, 0.05) is 17.3 Å². The van der Waals surface area contributed by atoms with Gasteiger partial charge in [-0.2, -0.15) is 5.10 Å². The molecule has 0 saturated carbocycles. The fourth-order valence-electron chi connectivity index (χ4n) is 5.04. The third-order valence-corrected chi connectivity index (χ3v) is 6.33. The van der Waals surface area contributed by atoms with Gasteiger partial charge in [-0.3, -0.25) is 14.9 Å². The van der Waals surface area contributed by atoms with E-state index in [0.29, 0.717) is 12.6 Å². The van der Waals surface area contributed by atoms with Crippen molar-refractivity contribution in [1.29, 1.82) is 0 Å². The Bertz CT molecular complexity index is 1210. The van der Waals surface area contributed by atoms with Crippen molar-refractivity contribution in [3.8, 4) is 0 Å². The van der Waals surface area contributed by atoms with Gasteiger partial charge in [0.15, 0.2) is 12.3 Å². The number of fused-ring (bicyclic) bond motifs is 3. The monoisotopic (exact) mass is 422 g/mol. The van der Waals surface area contributed by atoms with E-state index in [1.807, 2.05) is 0 Å². The molecule has 2 aromatic heterocycles. The van der Waals surface area contributed by atoms with Crippen molar-refractivity contribution in [2.45, 2.75) is 38.8 Å². The quantitative estimate of drug-likeness (QED) is 0.372. The highest BCUT2D eigenvalue weighted by molar-refractivity contribution is 5.87. The average Bonchev–Trinajstić information content (AvgIpc) is 3.34. The first kappa shape index (κ1) is 19.5. The summed E-state index contributed by atoms with van der Waals surface area (Å²) in [4.78, 5) is 23.8. The minimum atomic E-state index is -0.616. The maximum atomic E-state index is 12.5. The van der Waals surface area contributed by atoms with Gasteiger partial charge in [0.25, 0.3) is 5.91 Å².